The Hall–Kier alpha value is -1.55. The zero-order chi connectivity index (χ0) is 12.3. The van der Waals surface area contributed by atoms with Crippen molar-refractivity contribution in [3.8, 4) is 5.75 Å². The molecule has 1 aromatic rings. The third-order valence-corrected chi connectivity index (χ3v) is 3.16. The highest BCUT2D eigenvalue weighted by Gasteiger charge is 2.20. The van der Waals surface area contributed by atoms with Gasteiger partial charge >= 0.3 is 5.97 Å². The van der Waals surface area contributed by atoms with Gasteiger partial charge in [-0.05, 0) is 42.5 Å². The third kappa shape index (κ3) is 2.77. The monoisotopic (exact) mass is 235 g/mol. The fraction of sp³-hybridized carbons (Fsp3) is 0.462. The van der Waals surface area contributed by atoms with Crippen molar-refractivity contribution in [2.75, 3.05) is 13.7 Å². The third-order valence-electron chi connectivity index (χ3n) is 3.16. The number of phenolic OH excluding ortho intramolecular Hbond substituents is 1. The van der Waals surface area contributed by atoms with Gasteiger partial charge in [-0.15, -0.1) is 0 Å². The average Bonchev–Trinajstić information content (AvgIpc) is 2.35. The van der Waals surface area contributed by atoms with Crippen LogP contribution in [0, 0.1) is 0 Å². The van der Waals surface area contributed by atoms with Crippen LogP contribution in [0.25, 0.3) is 0 Å². The normalized spacial score (nSPS) is 18.5. The van der Waals surface area contributed by atoms with Crippen LogP contribution < -0.4 is 5.32 Å². The van der Waals surface area contributed by atoms with Crippen molar-refractivity contribution in [1.82, 2.24) is 5.32 Å². The van der Waals surface area contributed by atoms with Crippen molar-refractivity contribution >= 4 is 5.97 Å². The molecule has 0 saturated heterocycles. The summed E-state index contributed by atoms with van der Waals surface area (Å²) in [5.74, 6) is 0.00722. The highest BCUT2D eigenvalue weighted by atomic mass is 16.5. The summed E-state index contributed by atoms with van der Waals surface area (Å²) in [5.41, 5.74) is 2.34. The SMILES string of the molecule is COC(=O)CNC1CCCc2ccc(O)cc21. The minimum atomic E-state index is -0.266. The fourth-order valence-electron chi connectivity index (χ4n) is 2.28. The van der Waals surface area contributed by atoms with Crippen LogP contribution in [-0.2, 0) is 16.0 Å². The maximum Gasteiger partial charge on any atom is 0.319 e. The molecule has 0 aromatic heterocycles. The molecule has 1 unspecified atom stereocenters. The lowest BCUT2D eigenvalue weighted by atomic mass is 9.87. The second-order valence-electron chi connectivity index (χ2n) is 4.28. The first-order chi connectivity index (χ1) is 8.20. The molecule has 0 amide bonds. The lowest BCUT2D eigenvalue weighted by molar-refractivity contribution is -0.139. The minimum Gasteiger partial charge on any atom is -0.508 e. The van der Waals surface area contributed by atoms with Crippen LogP contribution in [0.4, 0.5) is 0 Å². The molecule has 92 valence electrons. The number of esters is 1. The van der Waals surface area contributed by atoms with E-state index in [1.54, 1.807) is 12.1 Å². The van der Waals surface area contributed by atoms with Crippen molar-refractivity contribution < 1.29 is 14.6 Å². The molecule has 1 aliphatic carbocycles. The molecule has 0 fully saturated rings. The molecular formula is C13H17NO3. The number of carbonyl (C=O) groups is 1. The van der Waals surface area contributed by atoms with Gasteiger partial charge in [0.15, 0.2) is 0 Å². The van der Waals surface area contributed by atoms with Crippen molar-refractivity contribution in [3.05, 3.63) is 29.3 Å². The number of nitrogens with one attached hydrogen (secondary N) is 1. The molecule has 1 aromatic carbocycles. The summed E-state index contributed by atoms with van der Waals surface area (Å²) >= 11 is 0. The van der Waals surface area contributed by atoms with Crippen molar-refractivity contribution in [1.29, 1.82) is 0 Å². The van der Waals surface area contributed by atoms with Gasteiger partial charge in [0.05, 0.1) is 13.7 Å². The zero-order valence-electron chi connectivity index (χ0n) is 9.90. The molecule has 4 nitrogen and oxygen atoms in total. The smallest absolute Gasteiger partial charge is 0.319 e. The maximum atomic E-state index is 11.1. The number of hydrogen-bond acceptors (Lipinski definition) is 4. The van der Waals surface area contributed by atoms with Crippen LogP contribution in [0.15, 0.2) is 18.2 Å². The Bertz CT molecular complexity index is 417. The number of aromatic hydroxyl groups is 1. The zero-order valence-corrected chi connectivity index (χ0v) is 9.90. The molecule has 17 heavy (non-hydrogen) atoms. The lowest BCUT2D eigenvalue weighted by Crippen LogP contribution is -2.30. The molecule has 2 rings (SSSR count). The van der Waals surface area contributed by atoms with Crippen LogP contribution in [0.3, 0.4) is 0 Å². The van der Waals surface area contributed by atoms with Crippen LogP contribution in [0.1, 0.15) is 30.0 Å². The standard InChI is InChI=1S/C13H17NO3/c1-17-13(16)8-14-12-4-2-3-9-5-6-10(15)7-11(9)12/h5-7,12,14-15H,2-4,8H2,1H3. The Balaban J connectivity index is 2.11. The number of carbonyl (C=O) groups excluding carboxylic acids is 1. The first-order valence-corrected chi connectivity index (χ1v) is 5.82. The molecule has 0 saturated carbocycles. The number of ether oxygens (including phenoxy) is 1. The topological polar surface area (TPSA) is 58.6 Å². The van der Waals surface area contributed by atoms with Gasteiger partial charge < -0.3 is 15.2 Å². The second-order valence-corrected chi connectivity index (χ2v) is 4.28. The molecule has 1 atom stereocenters. The Morgan fingerprint density at radius 2 is 2.41 bits per heavy atom. The van der Waals surface area contributed by atoms with Crippen molar-refractivity contribution in [3.63, 3.8) is 0 Å². The van der Waals surface area contributed by atoms with E-state index in [1.807, 2.05) is 6.07 Å². The van der Waals surface area contributed by atoms with Crippen LogP contribution >= 0.6 is 0 Å². The molecule has 0 aliphatic heterocycles. The van der Waals surface area contributed by atoms with Gasteiger partial charge in [-0.1, -0.05) is 6.07 Å². The van der Waals surface area contributed by atoms with Crippen LogP contribution in [-0.4, -0.2) is 24.7 Å². The molecule has 0 bridgehead atoms. The van der Waals surface area contributed by atoms with E-state index >= 15 is 0 Å². The van der Waals surface area contributed by atoms with E-state index in [0.29, 0.717) is 0 Å². The van der Waals surface area contributed by atoms with Gasteiger partial charge in [0.25, 0.3) is 0 Å². The van der Waals surface area contributed by atoms with E-state index in [-0.39, 0.29) is 24.3 Å². The number of phenols is 1. The number of fused-ring (bicyclic) bond motifs is 1. The average molecular weight is 235 g/mol. The van der Waals surface area contributed by atoms with Gasteiger partial charge in [0, 0.05) is 6.04 Å². The lowest BCUT2D eigenvalue weighted by Gasteiger charge is -2.26. The number of aryl methyl sites for hydroxylation is 1. The Kier molecular flexibility index (Phi) is 3.64. The fourth-order valence-corrected chi connectivity index (χ4v) is 2.28. The molecular weight excluding hydrogens is 218 g/mol. The summed E-state index contributed by atoms with van der Waals surface area (Å²) < 4.78 is 4.60. The number of rotatable bonds is 3. The van der Waals surface area contributed by atoms with Gasteiger partial charge in [0.1, 0.15) is 5.75 Å². The summed E-state index contributed by atoms with van der Waals surface area (Å²) in [6.07, 6.45) is 3.11. The Morgan fingerprint density at radius 1 is 1.59 bits per heavy atom. The van der Waals surface area contributed by atoms with Gasteiger partial charge in [-0.2, -0.15) is 0 Å². The largest absolute Gasteiger partial charge is 0.508 e. The number of benzene rings is 1. The van der Waals surface area contributed by atoms with Crippen LogP contribution in [0.5, 0.6) is 5.75 Å². The maximum absolute atomic E-state index is 11.1. The van der Waals surface area contributed by atoms with E-state index in [1.165, 1.54) is 12.7 Å². The molecule has 1 aliphatic rings. The summed E-state index contributed by atoms with van der Waals surface area (Å²) in [4.78, 5) is 11.1. The first kappa shape index (κ1) is 11.9. The van der Waals surface area contributed by atoms with Crippen LogP contribution in [0.2, 0.25) is 0 Å². The van der Waals surface area contributed by atoms with E-state index in [0.717, 1.165) is 24.8 Å². The van der Waals surface area contributed by atoms with Gasteiger partial charge in [-0.25, -0.2) is 0 Å². The van der Waals surface area contributed by atoms with Gasteiger partial charge in [0.2, 0.25) is 0 Å². The quantitative estimate of drug-likeness (QED) is 0.780. The summed E-state index contributed by atoms with van der Waals surface area (Å²) in [6.45, 7) is 0.205. The minimum absolute atomic E-state index is 0.130. The Morgan fingerprint density at radius 3 is 3.18 bits per heavy atom. The molecule has 0 heterocycles. The van der Waals surface area contributed by atoms with E-state index in [4.69, 9.17) is 0 Å². The molecule has 0 radical (unpaired) electrons. The first-order valence-electron chi connectivity index (χ1n) is 5.82. The van der Waals surface area contributed by atoms with Crippen molar-refractivity contribution in [2.45, 2.75) is 25.3 Å². The van der Waals surface area contributed by atoms with E-state index in [9.17, 15) is 9.90 Å². The van der Waals surface area contributed by atoms with E-state index in [2.05, 4.69) is 10.1 Å². The van der Waals surface area contributed by atoms with E-state index < -0.39 is 0 Å². The summed E-state index contributed by atoms with van der Waals surface area (Å²) in [5, 5.41) is 12.7. The summed E-state index contributed by atoms with van der Waals surface area (Å²) in [7, 11) is 1.38. The second kappa shape index (κ2) is 5.19. The molecule has 4 heteroatoms. The highest BCUT2D eigenvalue weighted by Crippen LogP contribution is 2.31. The van der Waals surface area contributed by atoms with Gasteiger partial charge in [-0.3, -0.25) is 4.79 Å². The number of hydrogen-bond donors (Lipinski definition) is 2. The highest BCUT2D eigenvalue weighted by molar-refractivity contribution is 5.71. The number of methoxy groups -OCH3 is 1. The summed E-state index contributed by atoms with van der Waals surface area (Å²) in [6, 6.07) is 5.58. The van der Waals surface area contributed by atoms with Crippen molar-refractivity contribution in [2.24, 2.45) is 0 Å². The predicted molar refractivity (Wildman–Crippen MR) is 63.8 cm³/mol. The Labute approximate surface area is 101 Å². The predicted octanol–water partition coefficient (Wildman–Crippen LogP) is 1.53. The molecule has 2 N–H and O–H groups in total. The molecule has 0 spiro atoms.